The summed E-state index contributed by atoms with van der Waals surface area (Å²) in [5.41, 5.74) is 2.18. The molecule has 3 nitrogen and oxygen atoms in total. The average molecular weight is 278 g/mol. The highest BCUT2D eigenvalue weighted by Crippen LogP contribution is 2.24. The van der Waals surface area contributed by atoms with Gasteiger partial charge in [-0.2, -0.15) is 0 Å². The maximum absolute atomic E-state index is 6.05. The number of nitrogens with zero attached hydrogens (tertiary/aromatic N) is 2. The van der Waals surface area contributed by atoms with Gasteiger partial charge in [-0.25, -0.2) is 4.98 Å². The van der Waals surface area contributed by atoms with Gasteiger partial charge in [0.2, 0.25) is 0 Å². The van der Waals surface area contributed by atoms with Crippen LogP contribution in [0.1, 0.15) is 38.6 Å². The Morgan fingerprint density at radius 2 is 2.21 bits per heavy atom. The highest BCUT2D eigenvalue weighted by atomic mass is 35.5. The van der Waals surface area contributed by atoms with Crippen LogP contribution in [-0.2, 0) is 6.42 Å². The van der Waals surface area contributed by atoms with Crippen LogP contribution in [-0.4, -0.2) is 22.1 Å². The molecule has 0 unspecified atom stereocenters. The van der Waals surface area contributed by atoms with Gasteiger partial charge in [0, 0.05) is 30.1 Å². The highest BCUT2D eigenvalue weighted by molar-refractivity contribution is 6.31. The summed E-state index contributed by atoms with van der Waals surface area (Å²) < 4.78 is 2.32. The van der Waals surface area contributed by atoms with Crippen molar-refractivity contribution in [3.63, 3.8) is 0 Å². The van der Waals surface area contributed by atoms with Crippen LogP contribution in [0.4, 0.5) is 0 Å². The molecule has 19 heavy (non-hydrogen) atoms. The Balaban J connectivity index is 1.89. The summed E-state index contributed by atoms with van der Waals surface area (Å²) in [6, 6.07) is 7.14. The number of hydrogen-bond donors (Lipinski definition) is 1. The van der Waals surface area contributed by atoms with Crippen LogP contribution in [0.5, 0.6) is 0 Å². The summed E-state index contributed by atoms with van der Waals surface area (Å²) in [4.78, 5) is 4.75. The minimum atomic E-state index is 0.419. The van der Waals surface area contributed by atoms with Crippen LogP contribution in [0.25, 0.3) is 11.0 Å². The zero-order valence-corrected chi connectivity index (χ0v) is 12.2. The van der Waals surface area contributed by atoms with Gasteiger partial charge >= 0.3 is 0 Å². The summed E-state index contributed by atoms with van der Waals surface area (Å²) >= 11 is 6.05. The Bertz CT molecular complexity index is 584. The van der Waals surface area contributed by atoms with E-state index >= 15 is 0 Å². The minimum Gasteiger partial charge on any atom is -0.325 e. The third-order valence-corrected chi connectivity index (χ3v) is 3.84. The standard InChI is InChI=1S/C15H20ClN3/c1-10(2)19-14-6-3-11(16)9-13(14)18-15(19)7-8-17-12-4-5-12/h3,6,9-10,12,17H,4-5,7-8H2,1-2H3. The van der Waals surface area contributed by atoms with Crippen molar-refractivity contribution < 1.29 is 0 Å². The molecule has 102 valence electrons. The van der Waals surface area contributed by atoms with Crippen LogP contribution in [0.2, 0.25) is 5.02 Å². The van der Waals surface area contributed by atoms with Gasteiger partial charge in [-0.3, -0.25) is 0 Å². The molecule has 3 rings (SSSR count). The van der Waals surface area contributed by atoms with E-state index < -0.39 is 0 Å². The first-order valence-corrected chi connectivity index (χ1v) is 7.42. The molecule has 0 amide bonds. The minimum absolute atomic E-state index is 0.419. The normalized spacial score (nSPS) is 15.6. The molecular formula is C15H20ClN3. The third-order valence-electron chi connectivity index (χ3n) is 3.60. The van der Waals surface area contributed by atoms with Crippen molar-refractivity contribution in [1.29, 1.82) is 0 Å². The van der Waals surface area contributed by atoms with E-state index in [2.05, 4.69) is 29.8 Å². The monoisotopic (exact) mass is 277 g/mol. The SMILES string of the molecule is CC(C)n1c(CCNC2CC2)nc2cc(Cl)ccc21. The summed E-state index contributed by atoms with van der Waals surface area (Å²) in [6.45, 7) is 5.41. The highest BCUT2D eigenvalue weighted by Gasteiger charge is 2.20. The zero-order valence-electron chi connectivity index (χ0n) is 11.5. The molecule has 1 N–H and O–H groups in total. The van der Waals surface area contributed by atoms with Gasteiger partial charge in [-0.05, 0) is 44.9 Å². The van der Waals surface area contributed by atoms with E-state index in [1.807, 2.05) is 12.1 Å². The smallest absolute Gasteiger partial charge is 0.111 e. The predicted molar refractivity (Wildman–Crippen MR) is 79.9 cm³/mol. The van der Waals surface area contributed by atoms with E-state index in [1.54, 1.807) is 0 Å². The van der Waals surface area contributed by atoms with Crippen LogP contribution < -0.4 is 5.32 Å². The summed E-state index contributed by atoms with van der Waals surface area (Å²) in [5.74, 6) is 1.15. The lowest BCUT2D eigenvalue weighted by Gasteiger charge is -2.13. The lowest BCUT2D eigenvalue weighted by atomic mass is 10.3. The molecule has 1 fully saturated rings. The number of fused-ring (bicyclic) bond motifs is 1. The molecular weight excluding hydrogens is 258 g/mol. The van der Waals surface area contributed by atoms with Crippen molar-refractivity contribution in [2.75, 3.05) is 6.54 Å². The quantitative estimate of drug-likeness (QED) is 0.906. The first-order chi connectivity index (χ1) is 9.15. The summed E-state index contributed by atoms with van der Waals surface area (Å²) in [7, 11) is 0. The Morgan fingerprint density at radius 1 is 1.42 bits per heavy atom. The Kier molecular flexibility index (Phi) is 3.50. The van der Waals surface area contributed by atoms with Crippen molar-refractivity contribution in [2.45, 2.75) is 45.2 Å². The van der Waals surface area contributed by atoms with Crippen molar-refractivity contribution in [1.82, 2.24) is 14.9 Å². The molecule has 1 saturated carbocycles. The summed E-state index contributed by atoms with van der Waals surface area (Å²) in [5, 5.41) is 4.30. The third kappa shape index (κ3) is 2.77. The molecule has 0 bridgehead atoms. The van der Waals surface area contributed by atoms with Gasteiger partial charge in [0.1, 0.15) is 5.82 Å². The molecule has 2 aromatic rings. The fourth-order valence-corrected chi connectivity index (χ4v) is 2.72. The van der Waals surface area contributed by atoms with Crippen molar-refractivity contribution in [3.05, 3.63) is 29.0 Å². The van der Waals surface area contributed by atoms with Crippen LogP contribution in [0.3, 0.4) is 0 Å². The van der Waals surface area contributed by atoms with Crippen LogP contribution in [0.15, 0.2) is 18.2 Å². The molecule has 1 aliphatic carbocycles. The van der Waals surface area contributed by atoms with Gasteiger partial charge < -0.3 is 9.88 Å². The maximum atomic E-state index is 6.05. The number of imidazole rings is 1. The lowest BCUT2D eigenvalue weighted by molar-refractivity contribution is 0.568. The van der Waals surface area contributed by atoms with E-state index in [0.717, 1.165) is 35.4 Å². The zero-order chi connectivity index (χ0) is 13.4. The Morgan fingerprint density at radius 3 is 2.89 bits per heavy atom. The lowest BCUT2D eigenvalue weighted by Crippen LogP contribution is -2.21. The summed E-state index contributed by atoms with van der Waals surface area (Å²) in [6.07, 6.45) is 3.63. The maximum Gasteiger partial charge on any atom is 0.111 e. The fourth-order valence-electron chi connectivity index (χ4n) is 2.55. The second-order valence-corrected chi connectivity index (χ2v) is 6.04. The number of halogens is 1. The van der Waals surface area contributed by atoms with Crippen molar-refractivity contribution >= 4 is 22.6 Å². The number of benzene rings is 1. The van der Waals surface area contributed by atoms with Gasteiger partial charge in [-0.1, -0.05) is 11.6 Å². The van der Waals surface area contributed by atoms with E-state index in [1.165, 1.54) is 18.4 Å². The fraction of sp³-hybridized carbons (Fsp3) is 0.533. The van der Waals surface area contributed by atoms with E-state index in [0.29, 0.717) is 6.04 Å². The molecule has 4 heteroatoms. The number of aromatic nitrogens is 2. The molecule has 0 radical (unpaired) electrons. The topological polar surface area (TPSA) is 29.9 Å². The van der Waals surface area contributed by atoms with Gasteiger partial charge in [0.15, 0.2) is 0 Å². The second kappa shape index (κ2) is 5.14. The van der Waals surface area contributed by atoms with Crippen molar-refractivity contribution in [3.8, 4) is 0 Å². The van der Waals surface area contributed by atoms with Gasteiger partial charge in [0.25, 0.3) is 0 Å². The molecule has 0 saturated heterocycles. The number of rotatable bonds is 5. The predicted octanol–water partition coefficient (Wildman–Crippen LogP) is 3.57. The van der Waals surface area contributed by atoms with Crippen molar-refractivity contribution in [2.24, 2.45) is 0 Å². The van der Waals surface area contributed by atoms with Gasteiger partial charge in [-0.15, -0.1) is 0 Å². The molecule has 1 aromatic carbocycles. The second-order valence-electron chi connectivity index (χ2n) is 5.60. The molecule has 1 heterocycles. The number of nitrogens with one attached hydrogen (secondary N) is 1. The van der Waals surface area contributed by atoms with E-state index in [9.17, 15) is 0 Å². The largest absolute Gasteiger partial charge is 0.325 e. The first-order valence-electron chi connectivity index (χ1n) is 7.05. The molecule has 0 aliphatic heterocycles. The van der Waals surface area contributed by atoms with Crippen LogP contribution >= 0.6 is 11.6 Å². The Labute approximate surface area is 119 Å². The number of hydrogen-bond acceptors (Lipinski definition) is 2. The molecule has 1 aliphatic rings. The average Bonchev–Trinajstić information content (AvgIpc) is 3.09. The first kappa shape index (κ1) is 12.9. The van der Waals surface area contributed by atoms with Gasteiger partial charge in [0.05, 0.1) is 11.0 Å². The molecule has 0 spiro atoms. The molecule has 1 aromatic heterocycles. The van der Waals surface area contributed by atoms with Crippen LogP contribution in [0, 0.1) is 0 Å². The van der Waals surface area contributed by atoms with E-state index in [4.69, 9.17) is 16.6 Å². The van der Waals surface area contributed by atoms with E-state index in [-0.39, 0.29) is 0 Å². The Hall–Kier alpha value is -1.06. The molecule has 0 atom stereocenters.